The van der Waals surface area contributed by atoms with Crippen LogP contribution in [0.25, 0.3) is 0 Å². The number of anilines is 1. The molecule has 6 heteroatoms. The Morgan fingerprint density at radius 3 is 2.25 bits per heavy atom. The van der Waals surface area contributed by atoms with Crippen molar-refractivity contribution in [1.82, 2.24) is 4.90 Å². The fourth-order valence-corrected chi connectivity index (χ4v) is 2.02. The maximum Gasteiger partial charge on any atom is 0.416 e. The fourth-order valence-electron chi connectivity index (χ4n) is 2.02. The summed E-state index contributed by atoms with van der Waals surface area (Å²) in [6.45, 7) is 1.61. The van der Waals surface area contributed by atoms with Crippen LogP contribution in [0.4, 0.5) is 18.9 Å². The van der Waals surface area contributed by atoms with Crippen molar-refractivity contribution in [2.75, 3.05) is 39.1 Å². The minimum Gasteiger partial charge on any atom is -0.375 e. The molecule has 0 heterocycles. The molecular weight excluding hydrogens is 267 g/mol. The lowest BCUT2D eigenvalue weighted by molar-refractivity contribution is -0.138. The third-order valence-electron chi connectivity index (χ3n) is 3.15. The second kappa shape index (κ2) is 6.95. The van der Waals surface area contributed by atoms with Crippen LogP contribution in [0.15, 0.2) is 18.2 Å². The lowest BCUT2D eigenvalue weighted by Crippen LogP contribution is -2.24. The van der Waals surface area contributed by atoms with Gasteiger partial charge < -0.3 is 15.5 Å². The zero-order valence-corrected chi connectivity index (χ0v) is 12.2. The van der Waals surface area contributed by atoms with E-state index < -0.39 is 11.7 Å². The van der Waals surface area contributed by atoms with Crippen LogP contribution in [0.2, 0.25) is 0 Å². The summed E-state index contributed by atoms with van der Waals surface area (Å²) < 4.78 is 38.4. The Bertz CT molecular complexity index is 430. The van der Waals surface area contributed by atoms with Crippen molar-refractivity contribution in [2.45, 2.75) is 19.1 Å². The Kier molecular flexibility index (Phi) is 5.83. The Balaban J connectivity index is 2.82. The molecule has 0 unspecified atom stereocenters. The van der Waals surface area contributed by atoms with Gasteiger partial charge in [-0.3, -0.25) is 0 Å². The molecule has 0 fully saturated rings. The second-order valence-electron chi connectivity index (χ2n) is 5.12. The number of alkyl halides is 3. The topological polar surface area (TPSA) is 32.5 Å². The van der Waals surface area contributed by atoms with Gasteiger partial charge >= 0.3 is 6.18 Å². The molecule has 1 aromatic carbocycles. The molecule has 2 N–H and O–H groups in total. The van der Waals surface area contributed by atoms with Crippen molar-refractivity contribution in [3.63, 3.8) is 0 Å². The van der Waals surface area contributed by atoms with Gasteiger partial charge in [0.2, 0.25) is 0 Å². The van der Waals surface area contributed by atoms with Gasteiger partial charge in [0.05, 0.1) is 5.56 Å². The number of nitrogens with two attached hydrogens (primary N) is 1. The van der Waals surface area contributed by atoms with E-state index in [-0.39, 0.29) is 12.1 Å². The molecule has 0 saturated heterocycles. The minimum atomic E-state index is -4.35. The van der Waals surface area contributed by atoms with Gasteiger partial charge in [0.1, 0.15) is 0 Å². The zero-order chi connectivity index (χ0) is 15.3. The highest BCUT2D eigenvalue weighted by Gasteiger charge is 2.33. The molecule has 0 aliphatic carbocycles. The van der Waals surface area contributed by atoms with Crippen LogP contribution >= 0.6 is 0 Å². The average molecular weight is 289 g/mol. The lowest BCUT2D eigenvalue weighted by Gasteiger charge is -2.22. The van der Waals surface area contributed by atoms with Gasteiger partial charge in [-0.05, 0) is 50.8 Å². The van der Waals surface area contributed by atoms with E-state index in [1.807, 2.05) is 26.0 Å². The zero-order valence-electron chi connectivity index (χ0n) is 12.2. The van der Waals surface area contributed by atoms with Crippen molar-refractivity contribution in [2.24, 2.45) is 5.73 Å². The van der Waals surface area contributed by atoms with Gasteiger partial charge in [-0.2, -0.15) is 13.2 Å². The van der Waals surface area contributed by atoms with E-state index in [1.165, 1.54) is 12.1 Å². The van der Waals surface area contributed by atoms with E-state index in [1.54, 1.807) is 0 Å². The molecule has 114 valence electrons. The highest BCUT2D eigenvalue weighted by molar-refractivity contribution is 5.51. The van der Waals surface area contributed by atoms with Crippen LogP contribution in [0.5, 0.6) is 0 Å². The molecule has 0 aliphatic heterocycles. The fraction of sp³-hybridized carbons (Fsp3) is 0.571. The summed E-state index contributed by atoms with van der Waals surface area (Å²) in [5.74, 6) is 0. The predicted octanol–water partition coefficient (Wildman–Crippen LogP) is 2.55. The third-order valence-corrected chi connectivity index (χ3v) is 3.15. The van der Waals surface area contributed by atoms with E-state index in [0.717, 1.165) is 31.3 Å². The maximum atomic E-state index is 12.8. The number of hydrogen-bond donors (Lipinski definition) is 1. The summed E-state index contributed by atoms with van der Waals surface area (Å²) in [7, 11) is 5.86. The molecule has 0 atom stereocenters. The smallest absolute Gasteiger partial charge is 0.375 e. The van der Waals surface area contributed by atoms with E-state index in [9.17, 15) is 13.2 Å². The monoisotopic (exact) mass is 289 g/mol. The molecular formula is C14H22F3N3. The molecule has 1 rings (SSSR count). The van der Waals surface area contributed by atoms with Crippen LogP contribution in [0, 0.1) is 0 Å². The number of halogens is 3. The number of hydrogen-bond acceptors (Lipinski definition) is 3. The van der Waals surface area contributed by atoms with E-state index in [4.69, 9.17) is 5.73 Å². The largest absolute Gasteiger partial charge is 0.416 e. The van der Waals surface area contributed by atoms with E-state index >= 15 is 0 Å². The first kappa shape index (κ1) is 16.8. The first-order chi connectivity index (χ1) is 9.25. The summed E-state index contributed by atoms with van der Waals surface area (Å²) in [6.07, 6.45) is -3.40. The molecule has 0 aliphatic rings. The molecule has 20 heavy (non-hydrogen) atoms. The van der Waals surface area contributed by atoms with Crippen LogP contribution in [-0.4, -0.2) is 39.1 Å². The Hall–Kier alpha value is -1.27. The van der Waals surface area contributed by atoms with Gasteiger partial charge in [-0.1, -0.05) is 0 Å². The number of benzene rings is 1. The Labute approximate surface area is 118 Å². The molecule has 0 bridgehead atoms. The summed E-state index contributed by atoms with van der Waals surface area (Å²) in [5, 5.41) is 0. The van der Waals surface area contributed by atoms with Crippen molar-refractivity contribution in [3.05, 3.63) is 29.3 Å². The SMILES string of the molecule is CN(C)CCCN(C)c1ccc(C(F)(F)F)c(CN)c1. The van der Waals surface area contributed by atoms with Gasteiger partial charge in [0, 0.05) is 25.8 Å². The summed E-state index contributed by atoms with van der Waals surface area (Å²) in [4.78, 5) is 4.02. The number of nitrogens with zero attached hydrogens (tertiary/aromatic N) is 2. The Morgan fingerprint density at radius 2 is 1.75 bits per heavy atom. The summed E-state index contributed by atoms with van der Waals surface area (Å²) in [6, 6.07) is 4.14. The highest BCUT2D eigenvalue weighted by atomic mass is 19.4. The normalized spacial score (nSPS) is 12.0. The lowest BCUT2D eigenvalue weighted by atomic mass is 10.1. The summed E-state index contributed by atoms with van der Waals surface area (Å²) in [5.41, 5.74) is 5.68. The van der Waals surface area contributed by atoms with Crippen molar-refractivity contribution < 1.29 is 13.2 Å². The van der Waals surface area contributed by atoms with Gasteiger partial charge in [-0.25, -0.2) is 0 Å². The van der Waals surface area contributed by atoms with Gasteiger partial charge in [0.15, 0.2) is 0 Å². The first-order valence-electron chi connectivity index (χ1n) is 6.51. The van der Waals surface area contributed by atoms with Crippen molar-refractivity contribution in [3.8, 4) is 0 Å². The van der Waals surface area contributed by atoms with E-state index in [0.29, 0.717) is 0 Å². The summed E-state index contributed by atoms with van der Waals surface area (Å²) >= 11 is 0. The maximum absolute atomic E-state index is 12.8. The van der Waals surface area contributed by atoms with Crippen molar-refractivity contribution >= 4 is 5.69 Å². The second-order valence-corrected chi connectivity index (χ2v) is 5.12. The molecule has 0 aromatic heterocycles. The minimum absolute atomic E-state index is 0.117. The quantitative estimate of drug-likeness (QED) is 0.873. The van der Waals surface area contributed by atoms with Crippen LogP contribution in [0.1, 0.15) is 17.5 Å². The molecule has 3 nitrogen and oxygen atoms in total. The van der Waals surface area contributed by atoms with E-state index in [2.05, 4.69) is 4.90 Å². The Morgan fingerprint density at radius 1 is 1.10 bits per heavy atom. The van der Waals surface area contributed by atoms with Crippen LogP contribution in [-0.2, 0) is 12.7 Å². The van der Waals surface area contributed by atoms with Gasteiger partial charge in [-0.15, -0.1) is 0 Å². The molecule has 0 saturated carbocycles. The molecule has 0 amide bonds. The number of rotatable bonds is 6. The first-order valence-corrected chi connectivity index (χ1v) is 6.51. The molecule has 0 radical (unpaired) electrons. The van der Waals surface area contributed by atoms with Crippen LogP contribution in [0.3, 0.4) is 0 Å². The van der Waals surface area contributed by atoms with Crippen LogP contribution < -0.4 is 10.6 Å². The highest BCUT2D eigenvalue weighted by Crippen LogP contribution is 2.33. The average Bonchev–Trinajstić information content (AvgIpc) is 2.36. The standard InChI is InChI=1S/C14H22F3N3/c1-19(2)7-4-8-20(3)12-5-6-13(14(15,16)17)11(9-12)10-18/h5-6,9H,4,7-8,10,18H2,1-3H3. The molecule has 0 spiro atoms. The predicted molar refractivity (Wildman–Crippen MR) is 75.8 cm³/mol. The molecule has 1 aromatic rings. The van der Waals surface area contributed by atoms with Gasteiger partial charge in [0.25, 0.3) is 0 Å². The van der Waals surface area contributed by atoms with Crippen molar-refractivity contribution in [1.29, 1.82) is 0 Å². The third kappa shape index (κ3) is 4.68.